The number of hydrogen-bond acceptors (Lipinski definition) is 5. The fourth-order valence-corrected chi connectivity index (χ4v) is 4.08. The van der Waals surface area contributed by atoms with Gasteiger partial charge in [-0.25, -0.2) is 22.5 Å². The summed E-state index contributed by atoms with van der Waals surface area (Å²) in [4.78, 5) is 8.97. The summed E-state index contributed by atoms with van der Waals surface area (Å²) in [5.74, 6) is -0.0720. The SMILES string of the molecule is C/N=C(\Nc1ccc(-c2cnc(CCNS(=O)(=O)C(F)(F)F)s2)cc1)Nc1ccccc1F. The van der Waals surface area contributed by atoms with E-state index in [1.165, 1.54) is 22.1 Å². The molecule has 176 valence electrons. The number of nitrogens with one attached hydrogen (secondary N) is 3. The minimum Gasteiger partial charge on any atom is -0.326 e. The molecular formula is C20H19F4N5O2S2. The lowest BCUT2D eigenvalue weighted by Crippen LogP contribution is -2.37. The monoisotopic (exact) mass is 501 g/mol. The summed E-state index contributed by atoms with van der Waals surface area (Å²) in [5, 5.41) is 6.41. The van der Waals surface area contributed by atoms with Crippen LogP contribution in [0.1, 0.15) is 5.01 Å². The van der Waals surface area contributed by atoms with Crippen LogP contribution in [-0.4, -0.2) is 38.5 Å². The molecule has 0 saturated heterocycles. The Balaban J connectivity index is 1.59. The molecule has 0 aliphatic rings. The summed E-state index contributed by atoms with van der Waals surface area (Å²) in [6.45, 7) is -0.411. The summed E-state index contributed by atoms with van der Waals surface area (Å²) >= 11 is 1.25. The maximum absolute atomic E-state index is 13.8. The number of rotatable bonds is 7. The fraction of sp³-hybridized carbons (Fsp3) is 0.200. The third kappa shape index (κ3) is 6.49. The Labute approximate surface area is 191 Å². The van der Waals surface area contributed by atoms with E-state index in [1.807, 2.05) is 12.1 Å². The van der Waals surface area contributed by atoms with E-state index >= 15 is 0 Å². The molecule has 13 heteroatoms. The summed E-state index contributed by atoms with van der Waals surface area (Å²) in [6, 6.07) is 13.4. The van der Waals surface area contributed by atoms with Crippen LogP contribution in [0.25, 0.3) is 10.4 Å². The Morgan fingerprint density at radius 2 is 1.79 bits per heavy atom. The highest BCUT2D eigenvalue weighted by Crippen LogP contribution is 2.28. The fourth-order valence-electron chi connectivity index (χ4n) is 2.62. The van der Waals surface area contributed by atoms with Crippen molar-refractivity contribution in [2.24, 2.45) is 4.99 Å². The summed E-state index contributed by atoms with van der Waals surface area (Å²) < 4.78 is 74.4. The zero-order chi connectivity index (χ0) is 24.1. The van der Waals surface area contributed by atoms with Crippen molar-refractivity contribution in [1.29, 1.82) is 0 Å². The Kier molecular flexibility index (Phi) is 7.66. The average molecular weight is 502 g/mol. The number of sulfonamides is 1. The molecule has 3 N–H and O–H groups in total. The van der Waals surface area contributed by atoms with Gasteiger partial charge < -0.3 is 10.6 Å². The topological polar surface area (TPSA) is 95.5 Å². The number of nitrogens with zero attached hydrogens (tertiary/aromatic N) is 2. The second kappa shape index (κ2) is 10.3. The third-order valence-electron chi connectivity index (χ3n) is 4.27. The molecule has 0 unspecified atom stereocenters. The van der Waals surface area contributed by atoms with Gasteiger partial charge in [-0.05, 0) is 29.8 Å². The number of thiazole rings is 1. The van der Waals surface area contributed by atoms with Crippen LogP contribution in [0.2, 0.25) is 0 Å². The molecule has 0 spiro atoms. The molecule has 7 nitrogen and oxygen atoms in total. The van der Waals surface area contributed by atoms with Crippen molar-refractivity contribution >= 4 is 38.7 Å². The quantitative estimate of drug-likeness (QED) is 0.253. The first kappa shape index (κ1) is 24.6. The van der Waals surface area contributed by atoms with Crippen LogP contribution >= 0.6 is 11.3 Å². The molecule has 0 atom stereocenters. The van der Waals surface area contributed by atoms with Crippen molar-refractivity contribution in [2.75, 3.05) is 24.2 Å². The predicted octanol–water partition coefficient (Wildman–Crippen LogP) is 4.44. The number of hydrogen-bond donors (Lipinski definition) is 3. The number of para-hydroxylation sites is 1. The van der Waals surface area contributed by atoms with Crippen LogP contribution in [-0.2, 0) is 16.4 Å². The molecule has 1 heterocycles. The standard InChI is InChI=1S/C20H19F4N5O2S2/c1-25-19(29-16-5-3-2-4-15(16)21)28-14-8-6-13(7-9-14)17-12-26-18(32-17)10-11-27-33(30,31)20(22,23)24/h2-9,12,27H,10-11H2,1H3,(H2,25,28,29). The van der Waals surface area contributed by atoms with E-state index in [0.717, 1.165) is 10.4 Å². The largest absolute Gasteiger partial charge is 0.511 e. The van der Waals surface area contributed by atoms with Gasteiger partial charge in [0, 0.05) is 31.9 Å². The molecule has 0 fully saturated rings. The molecule has 0 bridgehead atoms. The molecule has 33 heavy (non-hydrogen) atoms. The van der Waals surface area contributed by atoms with Gasteiger partial charge in [0.25, 0.3) is 0 Å². The number of aromatic nitrogens is 1. The summed E-state index contributed by atoms with van der Waals surface area (Å²) in [6.07, 6.45) is 1.59. The predicted molar refractivity (Wildman–Crippen MR) is 121 cm³/mol. The van der Waals surface area contributed by atoms with Crippen molar-refractivity contribution in [3.8, 4) is 10.4 Å². The minimum atomic E-state index is -5.37. The average Bonchev–Trinajstić information content (AvgIpc) is 3.23. The van der Waals surface area contributed by atoms with Crippen LogP contribution < -0.4 is 15.4 Å². The zero-order valence-corrected chi connectivity index (χ0v) is 18.8. The number of benzene rings is 2. The van der Waals surface area contributed by atoms with Crippen LogP contribution in [0.15, 0.2) is 59.7 Å². The van der Waals surface area contributed by atoms with Crippen LogP contribution in [0.3, 0.4) is 0 Å². The number of aliphatic imine (C=N–C) groups is 1. The van der Waals surface area contributed by atoms with Crippen LogP contribution in [0.5, 0.6) is 0 Å². The lowest BCUT2D eigenvalue weighted by Gasteiger charge is -2.12. The number of anilines is 2. The molecule has 0 radical (unpaired) electrons. The molecule has 3 rings (SSSR count). The summed E-state index contributed by atoms with van der Waals surface area (Å²) in [5.41, 5.74) is -3.56. The van der Waals surface area contributed by atoms with Gasteiger partial charge in [-0.3, -0.25) is 4.99 Å². The Hall–Kier alpha value is -3.03. The lowest BCUT2D eigenvalue weighted by molar-refractivity contribution is -0.0447. The van der Waals surface area contributed by atoms with E-state index in [4.69, 9.17) is 0 Å². The van der Waals surface area contributed by atoms with Crippen LogP contribution in [0, 0.1) is 5.82 Å². The van der Waals surface area contributed by atoms with Crippen molar-refractivity contribution in [2.45, 2.75) is 11.9 Å². The minimum absolute atomic E-state index is 0.0255. The van der Waals surface area contributed by atoms with Gasteiger partial charge >= 0.3 is 15.5 Å². The van der Waals surface area contributed by atoms with Gasteiger partial charge in [-0.15, -0.1) is 11.3 Å². The number of halogens is 4. The van der Waals surface area contributed by atoms with E-state index in [0.29, 0.717) is 16.7 Å². The molecule has 0 saturated carbocycles. The van der Waals surface area contributed by atoms with E-state index in [-0.39, 0.29) is 12.1 Å². The highest BCUT2D eigenvalue weighted by molar-refractivity contribution is 7.90. The van der Waals surface area contributed by atoms with Gasteiger partial charge in [0.05, 0.1) is 15.6 Å². The third-order valence-corrected chi connectivity index (χ3v) is 6.57. The van der Waals surface area contributed by atoms with Crippen molar-refractivity contribution in [3.05, 3.63) is 65.6 Å². The number of alkyl halides is 3. The molecular weight excluding hydrogens is 482 g/mol. The molecule has 3 aromatic rings. The van der Waals surface area contributed by atoms with Gasteiger partial charge in [0.2, 0.25) is 0 Å². The molecule has 2 aromatic carbocycles. The maximum atomic E-state index is 13.8. The van der Waals surface area contributed by atoms with E-state index < -0.39 is 27.9 Å². The van der Waals surface area contributed by atoms with Crippen molar-refractivity contribution in [1.82, 2.24) is 9.71 Å². The molecule has 0 aliphatic heterocycles. The molecule has 0 aliphatic carbocycles. The van der Waals surface area contributed by atoms with Gasteiger partial charge in [0.15, 0.2) is 5.96 Å². The van der Waals surface area contributed by atoms with Crippen molar-refractivity contribution < 1.29 is 26.0 Å². The second-order valence-corrected chi connectivity index (χ2v) is 9.46. The molecule has 0 amide bonds. The second-order valence-electron chi connectivity index (χ2n) is 6.59. The zero-order valence-electron chi connectivity index (χ0n) is 17.1. The highest BCUT2D eigenvalue weighted by Gasteiger charge is 2.45. The Morgan fingerprint density at radius 1 is 1.09 bits per heavy atom. The smallest absolute Gasteiger partial charge is 0.326 e. The van der Waals surface area contributed by atoms with E-state index in [9.17, 15) is 26.0 Å². The maximum Gasteiger partial charge on any atom is 0.511 e. The van der Waals surface area contributed by atoms with Gasteiger partial charge in [-0.1, -0.05) is 24.3 Å². The van der Waals surface area contributed by atoms with E-state index in [1.54, 1.807) is 43.6 Å². The first-order chi connectivity index (χ1) is 15.6. The van der Waals surface area contributed by atoms with Gasteiger partial charge in [-0.2, -0.15) is 13.2 Å². The number of guanidine groups is 1. The Bertz CT molecular complexity index is 1230. The lowest BCUT2D eigenvalue weighted by atomic mass is 10.2. The summed E-state index contributed by atoms with van der Waals surface area (Å²) in [7, 11) is -3.81. The Morgan fingerprint density at radius 3 is 2.42 bits per heavy atom. The molecule has 1 aromatic heterocycles. The first-order valence-electron chi connectivity index (χ1n) is 9.45. The van der Waals surface area contributed by atoms with Crippen LogP contribution in [0.4, 0.5) is 28.9 Å². The highest BCUT2D eigenvalue weighted by atomic mass is 32.2. The van der Waals surface area contributed by atoms with Gasteiger partial charge in [0.1, 0.15) is 5.82 Å². The van der Waals surface area contributed by atoms with Crippen molar-refractivity contribution in [3.63, 3.8) is 0 Å². The normalized spacial score (nSPS) is 12.6. The van der Waals surface area contributed by atoms with E-state index in [2.05, 4.69) is 20.6 Å². The first-order valence-corrected chi connectivity index (χ1v) is 11.8.